The fourth-order valence-electron chi connectivity index (χ4n) is 5.22. The zero-order valence-electron chi connectivity index (χ0n) is 21.5. The molecule has 0 radical (unpaired) electrons. The SMILES string of the molecule is CC(CO)CCC[C@]1(C)OCC(=O)CC[C@@H]1O[Si](c1ccccc1)(c1ccccc1)C(C)(C)C. The minimum atomic E-state index is -2.77. The van der Waals surface area contributed by atoms with Gasteiger partial charge in [0.2, 0.25) is 0 Å². The molecule has 1 aliphatic heterocycles. The summed E-state index contributed by atoms with van der Waals surface area (Å²) < 4.78 is 13.8. The van der Waals surface area contributed by atoms with Gasteiger partial charge in [-0.2, -0.15) is 0 Å². The van der Waals surface area contributed by atoms with E-state index in [-0.39, 0.29) is 36.1 Å². The predicted octanol–water partition coefficient (Wildman–Crippen LogP) is 4.87. The van der Waals surface area contributed by atoms with Crippen LogP contribution in [0.3, 0.4) is 0 Å². The van der Waals surface area contributed by atoms with Crippen molar-refractivity contribution in [2.75, 3.05) is 13.2 Å². The van der Waals surface area contributed by atoms with Crippen molar-refractivity contribution in [3.63, 3.8) is 0 Å². The summed E-state index contributed by atoms with van der Waals surface area (Å²) in [4.78, 5) is 12.4. The van der Waals surface area contributed by atoms with E-state index in [1.165, 1.54) is 10.4 Å². The second-order valence-corrected chi connectivity index (χ2v) is 15.4. The molecule has 5 heteroatoms. The van der Waals surface area contributed by atoms with E-state index >= 15 is 0 Å². The predicted molar refractivity (Wildman–Crippen MR) is 141 cm³/mol. The third kappa shape index (κ3) is 5.88. The van der Waals surface area contributed by atoms with Crippen LogP contribution in [0.1, 0.15) is 66.7 Å². The van der Waals surface area contributed by atoms with Gasteiger partial charge in [0.25, 0.3) is 8.32 Å². The molecule has 1 heterocycles. The number of aliphatic hydroxyl groups excluding tert-OH is 1. The highest BCUT2D eigenvalue weighted by molar-refractivity contribution is 6.99. The Morgan fingerprint density at radius 1 is 1.09 bits per heavy atom. The Morgan fingerprint density at radius 2 is 1.65 bits per heavy atom. The maximum Gasteiger partial charge on any atom is 0.261 e. The van der Waals surface area contributed by atoms with Crippen molar-refractivity contribution < 1.29 is 19.1 Å². The van der Waals surface area contributed by atoms with E-state index in [1.54, 1.807) is 0 Å². The first-order valence-corrected chi connectivity index (χ1v) is 14.6. The van der Waals surface area contributed by atoms with E-state index in [2.05, 4.69) is 95.3 Å². The lowest BCUT2D eigenvalue weighted by molar-refractivity contribution is -0.133. The van der Waals surface area contributed by atoms with Crippen molar-refractivity contribution in [1.29, 1.82) is 0 Å². The second-order valence-electron chi connectivity index (χ2n) is 11.1. The number of hydrogen-bond donors (Lipinski definition) is 1. The van der Waals surface area contributed by atoms with E-state index < -0.39 is 13.9 Å². The summed E-state index contributed by atoms with van der Waals surface area (Å²) in [5.74, 6) is 0.399. The van der Waals surface area contributed by atoms with Gasteiger partial charge >= 0.3 is 0 Å². The number of hydrogen-bond acceptors (Lipinski definition) is 4. The third-order valence-electron chi connectivity index (χ3n) is 7.35. The van der Waals surface area contributed by atoms with Gasteiger partial charge in [0, 0.05) is 13.0 Å². The van der Waals surface area contributed by atoms with Crippen LogP contribution in [0.4, 0.5) is 0 Å². The smallest absolute Gasteiger partial charge is 0.261 e. The van der Waals surface area contributed by atoms with Gasteiger partial charge in [0.1, 0.15) is 6.61 Å². The molecule has 34 heavy (non-hydrogen) atoms. The Kier molecular flexibility index (Phi) is 8.91. The van der Waals surface area contributed by atoms with Crippen LogP contribution in [-0.2, 0) is 14.0 Å². The van der Waals surface area contributed by atoms with Crippen molar-refractivity contribution in [1.82, 2.24) is 0 Å². The first-order chi connectivity index (χ1) is 16.1. The van der Waals surface area contributed by atoms with Crippen LogP contribution in [0.2, 0.25) is 5.04 Å². The molecule has 2 aromatic rings. The molecule has 2 aromatic carbocycles. The molecule has 0 aliphatic carbocycles. The van der Waals surface area contributed by atoms with Crippen LogP contribution in [0.5, 0.6) is 0 Å². The highest BCUT2D eigenvalue weighted by Crippen LogP contribution is 2.41. The van der Waals surface area contributed by atoms with Gasteiger partial charge in [-0.15, -0.1) is 0 Å². The molecule has 0 bridgehead atoms. The van der Waals surface area contributed by atoms with Crippen molar-refractivity contribution in [3.8, 4) is 0 Å². The lowest BCUT2D eigenvalue weighted by Crippen LogP contribution is -2.69. The van der Waals surface area contributed by atoms with Crippen molar-refractivity contribution >= 4 is 24.5 Å². The molecule has 0 aromatic heterocycles. The molecular formula is C29H42O4Si. The Bertz CT molecular complexity index is 869. The number of ketones is 1. The number of Topliss-reactive ketones (excluding diaryl/α,β-unsaturated/α-hetero) is 1. The van der Waals surface area contributed by atoms with Crippen LogP contribution in [0.25, 0.3) is 0 Å². The number of aliphatic hydroxyl groups is 1. The molecule has 1 unspecified atom stereocenters. The van der Waals surface area contributed by atoms with Gasteiger partial charge in [-0.25, -0.2) is 0 Å². The number of rotatable bonds is 9. The molecule has 3 atom stereocenters. The van der Waals surface area contributed by atoms with Gasteiger partial charge < -0.3 is 14.3 Å². The van der Waals surface area contributed by atoms with Gasteiger partial charge in [-0.05, 0) is 47.5 Å². The molecular weight excluding hydrogens is 440 g/mol. The summed E-state index contributed by atoms with van der Waals surface area (Å²) in [7, 11) is -2.77. The molecule has 186 valence electrons. The van der Waals surface area contributed by atoms with Gasteiger partial charge in [0.05, 0.1) is 11.7 Å². The fourth-order valence-corrected chi connectivity index (χ4v) is 10.0. The first-order valence-electron chi connectivity index (χ1n) is 12.7. The maximum absolute atomic E-state index is 12.4. The number of ether oxygens (including phenoxy) is 1. The number of carbonyl (C=O) groups is 1. The van der Waals surface area contributed by atoms with Crippen LogP contribution >= 0.6 is 0 Å². The van der Waals surface area contributed by atoms with Crippen LogP contribution < -0.4 is 10.4 Å². The van der Waals surface area contributed by atoms with E-state index in [0.29, 0.717) is 12.8 Å². The topological polar surface area (TPSA) is 55.8 Å². The monoisotopic (exact) mass is 482 g/mol. The Morgan fingerprint density at radius 3 is 2.15 bits per heavy atom. The molecule has 1 saturated heterocycles. The quantitative estimate of drug-likeness (QED) is 0.518. The molecule has 4 nitrogen and oxygen atoms in total. The van der Waals surface area contributed by atoms with Gasteiger partial charge in [-0.3, -0.25) is 4.79 Å². The summed E-state index contributed by atoms with van der Waals surface area (Å²) >= 11 is 0. The first kappa shape index (κ1) is 26.8. The molecule has 0 saturated carbocycles. The van der Waals surface area contributed by atoms with Crippen LogP contribution in [0.15, 0.2) is 60.7 Å². The summed E-state index contributed by atoms with van der Waals surface area (Å²) in [5, 5.41) is 11.8. The lowest BCUT2D eigenvalue weighted by Gasteiger charge is -2.48. The minimum Gasteiger partial charge on any atom is -0.402 e. The van der Waals surface area contributed by atoms with Gasteiger partial charge in [0.15, 0.2) is 5.78 Å². The van der Waals surface area contributed by atoms with Crippen LogP contribution in [-0.4, -0.2) is 44.1 Å². The van der Waals surface area contributed by atoms with Crippen molar-refractivity contribution in [2.24, 2.45) is 5.92 Å². The largest absolute Gasteiger partial charge is 0.402 e. The zero-order chi connectivity index (χ0) is 24.8. The summed E-state index contributed by atoms with van der Waals surface area (Å²) in [6.07, 6.45) is 3.59. The maximum atomic E-state index is 12.4. The molecule has 1 N–H and O–H groups in total. The summed E-state index contributed by atoms with van der Waals surface area (Å²) in [6, 6.07) is 21.3. The highest BCUT2D eigenvalue weighted by atomic mass is 28.4. The number of benzene rings is 2. The average Bonchev–Trinajstić information content (AvgIpc) is 2.96. The normalized spacial score (nSPS) is 22.9. The number of carbonyl (C=O) groups excluding carboxylic acids is 1. The van der Waals surface area contributed by atoms with Crippen LogP contribution in [0, 0.1) is 5.92 Å². The zero-order valence-corrected chi connectivity index (χ0v) is 22.5. The highest BCUT2D eigenvalue weighted by Gasteiger charge is 2.54. The molecule has 0 spiro atoms. The average molecular weight is 483 g/mol. The standard InChI is InChI=1S/C29H42O4Si/c1-23(21-30)13-12-20-29(5)27(19-18-24(31)22-32-29)33-34(28(2,3)4,25-14-8-6-9-15-25)26-16-10-7-11-17-26/h6-11,14-17,23,27,30H,12-13,18-22H2,1-5H3/t23?,27-,29-/m0/s1. The molecule has 1 aliphatic rings. The Balaban J connectivity index is 2.07. The lowest BCUT2D eigenvalue weighted by atomic mass is 9.88. The minimum absolute atomic E-state index is 0.141. The third-order valence-corrected chi connectivity index (χ3v) is 12.4. The Hall–Kier alpha value is -1.79. The van der Waals surface area contributed by atoms with E-state index in [4.69, 9.17) is 9.16 Å². The molecule has 1 fully saturated rings. The van der Waals surface area contributed by atoms with Gasteiger partial charge in [-0.1, -0.05) is 94.8 Å². The van der Waals surface area contributed by atoms with E-state index in [9.17, 15) is 9.90 Å². The fraction of sp³-hybridized carbons (Fsp3) is 0.552. The van der Waals surface area contributed by atoms with Crippen molar-refractivity contribution in [2.45, 2.75) is 83.5 Å². The second kappa shape index (κ2) is 11.3. The van der Waals surface area contributed by atoms with Crippen molar-refractivity contribution in [3.05, 3.63) is 60.7 Å². The summed E-state index contributed by atoms with van der Waals surface area (Å²) in [5.41, 5.74) is -0.561. The van der Waals surface area contributed by atoms with E-state index in [1.807, 2.05) is 0 Å². The molecule has 0 amide bonds. The molecule has 3 rings (SSSR count). The summed E-state index contributed by atoms with van der Waals surface area (Å²) in [6.45, 7) is 11.4. The Labute approximate surface area is 206 Å². The van der Waals surface area contributed by atoms with E-state index in [0.717, 1.165) is 19.3 Å².